The Morgan fingerprint density at radius 2 is 1.81 bits per heavy atom. The number of furan rings is 1. The van der Waals surface area contributed by atoms with Crippen molar-refractivity contribution in [3.05, 3.63) is 24.2 Å². The lowest BCUT2D eigenvalue weighted by molar-refractivity contribution is -0.121. The summed E-state index contributed by atoms with van der Waals surface area (Å²) < 4.78 is 4.95. The highest BCUT2D eigenvalue weighted by Gasteiger charge is 2.07. The third-order valence-corrected chi connectivity index (χ3v) is 2.84. The lowest BCUT2D eigenvalue weighted by atomic mass is 10.1. The lowest BCUT2D eigenvalue weighted by Gasteiger charge is -2.06. The first kappa shape index (κ1) is 19.5. The van der Waals surface area contributed by atoms with Crippen LogP contribution < -0.4 is 16.4 Å². The summed E-state index contributed by atoms with van der Waals surface area (Å²) in [4.78, 5) is 23.0. The predicted molar refractivity (Wildman–Crippen MR) is 83.4 cm³/mol. The second-order valence-corrected chi connectivity index (χ2v) is 4.54. The van der Waals surface area contributed by atoms with E-state index in [0.29, 0.717) is 26.1 Å². The summed E-state index contributed by atoms with van der Waals surface area (Å²) in [6.45, 7) is 1.52. The number of halogens is 1. The van der Waals surface area contributed by atoms with Gasteiger partial charge in [-0.15, -0.1) is 12.4 Å². The van der Waals surface area contributed by atoms with Crippen LogP contribution in [-0.4, -0.2) is 31.4 Å². The summed E-state index contributed by atoms with van der Waals surface area (Å²) in [6.07, 6.45) is 5.96. The van der Waals surface area contributed by atoms with Crippen molar-refractivity contribution in [1.82, 2.24) is 10.6 Å². The van der Waals surface area contributed by atoms with Crippen molar-refractivity contribution in [2.75, 3.05) is 19.6 Å². The van der Waals surface area contributed by atoms with Crippen LogP contribution in [0.3, 0.4) is 0 Å². The van der Waals surface area contributed by atoms with Gasteiger partial charge in [-0.3, -0.25) is 9.59 Å². The maximum atomic E-state index is 11.5. The highest BCUT2D eigenvalue weighted by atomic mass is 35.5. The molecule has 0 fully saturated rings. The van der Waals surface area contributed by atoms with Gasteiger partial charge in [0, 0.05) is 19.5 Å². The molecule has 7 heteroatoms. The average Bonchev–Trinajstić information content (AvgIpc) is 2.97. The molecule has 1 aromatic rings. The third-order valence-electron chi connectivity index (χ3n) is 2.84. The molecular weight excluding hydrogens is 294 g/mol. The quantitative estimate of drug-likeness (QED) is 0.569. The largest absolute Gasteiger partial charge is 0.459 e. The Morgan fingerprint density at radius 1 is 1.10 bits per heavy atom. The monoisotopic (exact) mass is 317 g/mol. The summed E-state index contributed by atoms with van der Waals surface area (Å²) in [5, 5.41) is 5.43. The Kier molecular flexibility index (Phi) is 11.3. The summed E-state index contributed by atoms with van der Waals surface area (Å²) in [5.41, 5.74) is 5.39. The number of hydrogen-bond donors (Lipinski definition) is 3. The normalized spacial score (nSPS) is 9.76. The molecule has 0 aliphatic heterocycles. The molecule has 2 amide bonds. The molecule has 0 bridgehead atoms. The van der Waals surface area contributed by atoms with E-state index in [2.05, 4.69) is 10.6 Å². The van der Waals surface area contributed by atoms with Crippen LogP contribution in [0.25, 0.3) is 0 Å². The summed E-state index contributed by atoms with van der Waals surface area (Å²) in [6, 6.07) is 3.25. The molecule has 1 aromatic heterocycles. The Balaban J connectivity index is 0.00000400. The zero-order chi connectivity index (χ0) is 14.6. The minimum Gasteiger partial charge on any atom is -0.459 e. The van der Waals surface area contributed by atoms with Crippen molar-refractivity contribution >= 4 is 24.2 Å². The van der Waals surface area contributed by atoms with E-state index in [-0.39, 0.29) is 30.0 Å². The predicted octanol–water partition coefficient (Wildman–Crippen LogP) is 1.46. The topological polar surface area (TPSA) is 97.4 Å². The molecule has 0 aliphatic rings. The number of nitrogens with two attached hydrogens (primary N) is 1. The van der Waals surface area contributed by atoms with Gasteiger partial charge in [0.25, 0.3) is 5.91 Å². The fourth-order valence-electron chi connectivity index (χ4n) is 1.74. The minimum absolute atomic E-state index is 0. The second-order valence-electron chi connectivity index (χ2n) is 4.54. The zero-order valence-corrected chi connectivity index (χ0v) is 12.9. The molecule has 0 saturated heterocycles. The number of rotatable bonds is 10. The number of amides is 2. The van der Waals surface area contributed by atoms with Crippen LogP contribution in [0.2, 0.25) is 0 Å². The third kappa shape index (κ3) is 9.10. The molecule has 120 valence electrons. The van der Waals surface area contributed by atoms with Gasteiger partial charge in [0.15, 0.2) is 5.76 Å². The number of carbonyl (C=O) groups is 2. The van der Waals surface area contributed by atoms with Crippen molar-refractivity contribution < 1.29 is 14.0 Å². The van der Waals surface area contributed by atoms with Gasteiger partial charge in [-0.25, -0.2) is 0 Å². The Bertz CT molecular complexity index is 396. The number of hydrogen-bond acceptors (Lipinski definition) is 4. The Labute approximate surface area is 131 Å². The zero-order valence-electron chi connectivity index (χ0n) is 12.1. The van der Waals surface area contributed by atoms with E-state index < -0.39 is 0 Å². The molecule has 0 radical (unpaired) electrons. The smallest absolute Gasteiger partial charge is 0.287 e. The summed E-state index contributed by atoms with van der Waals surface area (Å²) >= 11 is 0. The number of nitrogens with one attached hydrogen (secondary N) is 2. The SMILES string of the molecule is Cl.NCCCCCCC(=O)NCCNC(=O)c1ccco1. The molecule has 1 rings (SSSR count). The molecule has 0 unspecified atom stereocenters. The van der Waals surface area contributed by atoms with Crippen molar-refractivity contribution in [2.24, 2.45) is 5.73 Å². The molecule has 0 aromatic carbocycles. The number of unbranched alkanes of at least 4 members (excludes halogenated alkanes) is 3. The fraction of sp³-hybridized carbons (Fsp3) is 0.571. The van der Waals surface area contributed by atoms with E-state index in [4.69, 9.17) is 10.2 Å². The van der Waals surface area contributed by atoms with Crippen LogP contribution in [-0.2, 0) is 4.79 Å². The second kappa shape index (κ2) is 12.2. The van der Waals surface area contributed by atoms with Crippen molar-refractivity contribution in [3.63, 3.8) is 0 Å². The molecule has 6 nitrogen and oxygen atoms in total. The maximum Gasteiger partial charge on any atom is 0.287 e. The maximum absolute atomic E-state index is 11.5. The Hall–Kier alpha value is -1.53. The molecule has 0 spiro atoms. The highest BCUT2D eigenvalue weighted by Crippen LogP contribution is 2.01. The molecule has 21 heavy (non-hydrogen) atoms. The van der Waals surface area contributed by atoms with Crippen LogP contribution in [0.15, 0.2) is 22.8 Å². The van der Waals surface area contributed by atoms with Crippen molar-refractivity contribution in [2.45, 2.75) is 32.1 Å². The van der Waals surface area contributed by atoms with Gasteiger partial charge in [-0.05, 0) is 31.5 Å². The molecule has 1 heterocycles. The van der Waals surface area contributed by atoms with Crippen molar-refractivity contribution in [3.8, 4) is 0 Å². The molecular formula is C14H24ClN3O3. The van der Waals surface area contributed by atoms with E-state index in [0.717, 1.165) is 25.7 Å². The lowest BCUT2D eigenvalue weighted by Crippen LogP contribution is -2.34. The van der Waals surface area contributed by atoms with Crippen LogP contribution in [0.5, 0.6) is 0 Å². The first-order valence-corrected chi connectivity index (χ1v) is 7.02. The molecule has 0 atom stereocenters. The molecule has 0 saturated carbocycles. The highest BCUT2D eigenvalue weighted by molar-refractivity contribution is 5.91. The van der Waals surface area contributed by atoms with Crippen LogP contribution in [0, 0.1) is 0 Å². The van der Waals surface area contributed by atoms with Gasteiger partial charge >= 0.3 is 0 Å². The Morgan fingerprint density at radius 3 is 2.48 bits per heavy atom. The van der Waals surface area contributed by atoms with Crippen LogP contribution >= 0.6 is 12.4 Å². The van der Waals surface area contributed by atoms with Crippen molar-refractivity contribution in [1.29, 1.82) is 0 Å². The minimum atomic E-state index is -0.272. The van der Waals surface area contributed by atoms with E-state index in [1.165, 1.54) is 6.26 Å². The van der Waals surface area contributed by atoms with Gasteiger partial charge in [0.1, 0.15) is 0 Å². The first-order valence-electron chi connectivity index (χ1n) is 7.02. The van der Waals surface area contributed by atoms with Crippen LogP contribution in [0.4, 0.5) is 0 Å². The van der Waals surface area contributed by atoms with Gasteiger partial charge in [-0.2, -0.15) is 0 Å². The van der Waals surface area contributed by atoms with Crippen LogP contribution in [0.1, 0.15) is 42.7 Å². The summed E-state index contributed by atoms with van der Waals surface area (Å²) in [5.74, 6) is 0.0206. The molecule has 0 aliphatic carbocycles. The van der Waals surface area contributed by atoms with Gasteiger partial charge in [0.05, 0.1) is 6.26 Å². The van der Waals surface area contributed by atoms with E-state index in [1.807, 2.05) is 0 Å². The van der Waals surface area contributed by atoms with E-state index in [1.54, 1.807) is 12.1 Å². The van der Waals surface area contributed by atoms with E-state index >= 15 is 0 Å². The van der Waals surface area contributed by atoms with Gasteiger partial charge in [0.2, 0.25) is 5.91 Å². The molecule has 4 N–H and O–H groups in total. The number of carbonyl (C=O) groups excluding carboxylic acids is 2. The van der Waals surface area contributed by atoms with Gasteiger partial charge in [-0.1, -0.05) is 12.8 Å². The standard InChI is InChI=1S/C14H23N3O3.ClH/c15-8-4-2-1-3-7-13(18)16-9-10-17-14(19)12-6-5-11-20-12;/h5-6,11H,1-4,7-10,15H2,(H,16,18)(H,17,19);1H. The average molecular weight is 318 g/mol. The first-order chi connectivity index (χ1) is 9.74. The van der Waals surface area contributed by atoms with Gasteiger partial charge < -0.3 is 20.8 Å². The van der Waals surface area contributed by atoms with E-state index in [9.17, 15) is 9.59 Å². The fourth-order valence-corrected chi connectivity index (χ4v) is 1.74. The summed E-state index contributed by atoms with van der Waals surface area (Å²) in [7, 11) is 0.